The highest BCUT2D eigenvalue weighted by molar-refractivity contribution is 6.35. The number of hydrogen-bond acceptors (Lipinski definition) is 3. The van der Waals surface area contributed by atoms with E-state index in [4.69, 9.17) is 11.6 Å². The molecule has 3 nitrogen and oxygen atoms in total. The Morgan fingerprint density at radius 3 is 2.86 bits per heavy atom. The summed E-state index contributed by atoms with van der Waals surface area (Å²) < 4.78 is 0. The SMILES string of the molecule is CC(C)(CO)CCCNCc1ccc(Cl)c2cccnc12. The topological polar surface area (TPSA) is 45.1 Å². The van der Waals surface area contributed by atoms with Gasteiger partial charge in [-0.3, -0.25) is 4.98 Å². The maximum atomic E-state index is 9.23. The Balaban J connectivity index is 1.91. The van der Waals surface area contributed by atoms with Gasteiger partial charge >= 0.3 is 0 Å². The predicted molar refractivity (Wildman–Crippen MR) is 88.6 cm³/mol. The van der Waals surface area contributed by atoms with Crippen molar-refractivity contribution in [3.05, 3.63) is 41.0 Å². The summed E-state index contributed by atoms with van der Waals surface area (Å²) in [6.45, 7) is 6.12. The first kappa shape index (κ1) is 16.2. The van der Waals surface area contributed by atoms with Gasteiger partial charge in [0.1, 0.15) is 0 Å². The van der Waals surface area contributed by atoms with Gasteiger partial charge in [0.15, 0.2) is 0 Å². The van der Waals surface area contributed by atoms with Gasteiger partial charge in [0.2, 0.25) is 0 Å². The van der Waals surface area contributed by atoms with E-state index < -0.39 is 0 Å². The fourth-order valence-corrected chi connectivity index (χ4v) is 2.55. The lowest BCUT2D eigenvalue weighted by Crippen LogP contribution is -2.21. The zero-order valence-electron chi connectivity index (χ0n) is 12.7. The molecule has 0 saturated heterocycles. The van der Waals surface area contributed by atoms with E-state index in [1.807, 2.05) is 24.3 Å². The summed E-state index contributed by atoms with van der Waals surface area (Å²) in [6, 6.07) is 7.86. The van der Waals surface area contributed by atoms with Crippen molar-refractivity contribution in [1.29, 1.82) is 0 Å². The number of fused-ring (bicyclic) bond motifs is 1. The van der Waals surface area contributed by atoms with Crippen molar-refractivity contribution in [1.82, 2.24) is 10.3 Å². The van der Waals surface area contributed by atoms with Gasteiger partial charge in [0.05, 0.1) is 5.52 Å². The second-order valence-electron chi connectivity index (χ2n) is 6.21. The summed E-state index contributed by atoms with van der Waals surface area (Å²) in [6.07, 6.45) is 3.86. The number of aliphatic hydroxyl groups is 1. The molecule has 1 aromatic heterocycles. The van der Waals surface area contributed by atoms with E-state index in [-0.39, 0.29) is 12.0 Å². The molecule has 0 aliphatic carbocycles. The quantitative estimate of drug-likeness (QED) is 0.765. The van der Waals surface area contributed by atoms with Crippen LogP contribution in [-0.2, 0) is 6.54 Å². The summed E-state index contributed by atoms with van der Waals surface area (Å²) >= 11 is 6.19. The minimum Gasteiger partial charge on any atom is -0.396 e. The number of pyridine rings is 1. The van der Waals surface area contributed by atoms with Gasteiger partial charge in [-0.1, -0.05) is 31.5 Å². The van der Waals surface area contributed by atoms with Crippen LogP contribution in [0, 0.1) is 5.41 Å². The number of aromatic nitrogens is 1. The van der Waals surface area contributed by atoms with Crippen LogP contribution in [-0.4, -0.2) is 23.2 Å². The number of aliphatic hydroxyl groups excluding tert-OH is 1. The molecule has 2 aromatic rings. The number of hydrogen-bond donors (Lipinski definition) is 2. The van der Waals surface area contributed by atoms with Crippen molar-refractivity contribution in [3.63, 3.8) is 0 Å². The van der Waals surface area contributed by atoms with Gasteiger partial charge in [-0.25, -0.2) is 0 Å². The van der Waals surface area contributed by atoms with Crippen LogP contribution >= 0.6 is 11.6 Å². The molecule has 2 rings (SSSR count). The van der Waals surface area contributed by atoms with Gasteiger partial charge in [-0.05, 0) is 48.6 Å². The number of rotatable bonds is 7. The van der Waals surface area contributed by atoms with Gasteiger partial charge in [0, 0.05) is 29.8 Å². The second kappa shape index (κ2) is 7.21. The van der Waals surface area contributed by atoms with Crippen LogP contribution in [0.4, 0.5) is 0 Å². The van der Waals surface area contributed by atoms with E-state index in [1.165, 1.54) is 0 Å². The number of nitrogens with zero attached hydrogens (tertiary/aromatic N) is 1. The Kier molecular flexibility index (Phi) is 5.57. The van der Waals surface area contributed by atoms with Crippen molar-refractivity contribution in [3.8, 4) is 0 Å². The second-order valence-corrected chi connectivity index (χ2v) is 6.62. The molecule has 1 aromatic carbocycles. The molecule has 0 amide bonds. The van der Waals surface area contributed by atoms with Crippen LogP contribution < -0.4 is 5.32 Å². The predicted octanol–water partition coefficient (Wildman–Crippen LogP) is 3.78. The third kappa shape index (κ3) is 4.40. The number of halogens is 1. The van der Waals surface area contributed by atoms with Gasteiger partial charge in [0.25, 0.3) is 0 Å². The Hall–Kier alpha value is -1.16. The molecule has 0 atom stereocenters. The lowest BCUT2D eigenvalue weighted by atomic mass is 9.89. The van der Waals surface area contributed by atoms with Crippen LogP contribution in [0.2, 0.25) is 5.02 Å². The van der Waals surface area contributed by atoms with Crippen LogP contribution in [0.15, 0.2) is 30.5 Å². The average molecular weight is 307 g/mol. The Bertz CT molecular complexity index is 598. The first-order chi connectivity index (χ1) is 10.0. The monoisotopic (exact) mass is 306 g/mol. The maximum absolute atomic E-state index is 9.23. The molecule has 0 radical (unpaired) electrons. The Labute approximate surface area is 131 Å². The maximum Gasteiger partial charge on any atom is 0.0761 e. The van der Waals surface area contributed by atoms with E-state index in [0.717, 1.165) is 47.4 Å². The highest BCUT2D eigenvalue weighted by Crippen LogP contribution is 2.24. The van der Waals surface area contributed by atoms with Crippen molar-refractivity contribution >= 4 is 22.5 Å². The Morgan fingerprint density at radius 2 is 2.10 bits per heavy atom. The normalized spacial score (nSPS) is 12.0. The highest BCUT2D eigenvalue weighted by atomic mass is 35.5. The smallest absolute Gasteiger partial charge is 0.0761 e. The minimum atomic E-state index is 0.0101. The molecule has 0 fully saturated rings. The van der Waals surface area contributed by atoms with Crippen molar-refractivity contribution in [2.75, 3.05) is 13.2 Å². The van der Waals surface area contributed by atoms with Crippen LogP contribution in [0.5, 0.6) is 0 Å². The van der Waals surface area contributed by atoms with E-state index in [2.05, 4.69) is 24.1 Å². The zero-order chi connectivity index (χ0) is 15.3. The minimum absolute atomic E-state index is 0.0101. The van der Waals surface area contributed by atoms with E-state index >= 15 is 0 Å². The standard InChI is InChI=1S/C17H23ClN2O/c1-17(2,12-21)8-4-9-19-11-13-6-7-15(18)14-5-3-10-20-16(13)14/h3,5-7,10,19,21H,4,8-9,11-12H2,1-2H3. The summed E-state index contributed by atoms with van der Waals surface area (Å²) in [5.41, 5.74) is 2.14. The number of nitrogens with one attached hydrogen (secondary N) is 1. The zero-order valence-corrected chi connectivity index (χ0v) is 13.5. The first-order valence-corrected chi connectivity index (χ1v) is 7.75. The van der Waals surface area contributed by atoms with Gasteiger partial charge < -0.3 is 10.4 Å². The lowest BCUT2D eigenvalue weighted by molar-refractivity contribution is 0.148. The summed E-state index contributed by atoms with van der Waals surface area (Å²) in [4.78, 5) is 4.44. The molecule has 0 saturated carbocycles. The molecular formula is C17H23ClN2O. The third-order valence-corrected chi connectivity index (χ3v) is 4.08. The van der Waals surface area contributed by atoms with Crippen molar-refractivity contribution < 1.29 is 5.11 Å². The van der Waals surface area contributed by atoms with Crippen molar-refractivity contribution in [2.24, 2.45) is 5.41 Å². The molecule has 4 heteroatoms. The molecule has 0 aliphatic heterocycles. The summed E-state index contributed by atoms with van der Waals surface area (Å²) in [5, 5.41) is 14.4. The van der Waals surface area contributed by atoms with E-state index in [0.29, 0.717) is 0 Å². The van der Waals surface area contributed by atoms with E-state index in [9.17, 15) is 5.11 Å². The fourth-order valence-electron chi connectivity index (χ4n) is 2.33. The molecule has 0 spiro atoms. The highest BCUT2D eigenvalue weighted by Gasteiger charge is 2.15. The molecule has 0 unspecified atom stereocenters. The van der Waals surface area contributed by atoms with Crippen LogP contribution in [0.3, 0.4) is 0 Å². The Morgan fingerprint density at radius 1 is 1.29 bits per heavy atom. The van der Waals surface area contributed by atoms with Crippen LogP contribution in [0.25, 0.3) is 10.9 Å². The molecule has 2 N–H and O–H groups in total. The largest absolute Gasteiger partial charge is 0.396 e. The fraction of sp³-hybridized carbons (Fsp3) is 0.471. The average Bonchev–Trinajstić information content (AvgIpc) is 2.49. The number of benzene rings is 1. The van der Waals surface area contributed by atoms with Crippen LogP contribution in [0.1, 0.15) is 32.3 Å². The molecule has 0 aliphatic rings. The van der Waals surface area contributed by atoms with Gasteiger partial charge in [-0.15, -0.1) is 0 Å². The summed E-state index contributed by atoms with van der Waals surface area (Å²) in [5.74, 6) is 0. The molecule has 21 heavy (non-hydrogen) atoms. The molecule has 0 bridgehead atoms. The molecule has 114 valence electrons. The third-order valence-electron chi connectivity index (χ3n) is 3.75. The lowest BCUT2D eigenvalue weighted by Gasteiger charge is -2.21. The van der Waals surface area contributed by atoms with Crippen molar-refractivity contribution in [2.45, 2.75) is 33.2 Å². The first-order valence-electron chi connectivity index (χ1n) is 7.37. The summed E-state index contributed by atoms with van der Waals surface area (Å²) in [7, 11) is 0. The van der Waals surface area contributed by atoms with E-state index in [1.54, 1.807) is 6.20 Å². The van der Waals surface area contributed by atoms with Gasteiger partial charge in [-0.2, -0.15) is 0 Å². The molecular weight excluding hydrogens is 284 g/mol. The molecule has 1 heterocycles.